The van der Waals surface area contributed by atoms with Gasteiger partial charge in [-0.2, -0.15) is 0 Å². The molecule has 2 atom stereocenters. The number of likely N-dealkylation sites (tertiary alicyclic amines) is 1. The quantitative estimate of drug-likeness (QED) is 0.606. The van der Waals surface area contributed by atoms with Crippen LogP contribution in [0.1, 0.15) is 40.5 Å². The van der Waals surface area contributed by atoms with Crippen molar-refractivity contribution < 1.29 is 8.42 Å². The molecule has 0 aromatic carbocycles. The van der Waals surface area contributed by atoms with E-state index < -0.39 is 14.6 Å². The molecule has 7 heteroatoms. The summed E-state index contributed by atoms with van der Waals surface area (Å²) in [4.78, 5) is 8.99. The number of nitrogens with zero attached hydrogens (tertiary/aromatic N) is 3. The molecule has 0 radical (unpaired) electrons. The maximum Gasteiger partial charge on any atom is 0.193 e. The number of aliphatic imine (C=N–C) groups is 1. The van der Waals surface area contributed by atoms with Gasteiger partial charge in [0, 0.05) is 39.3 Å². The van der Waals surface area contributed by atoms with E-state index in [1.165, 1.54) is 19.4 Å². The largest absolute Gasteiger partial charge is 0.355 e. The molecule has 2 unspecified atom stereocenters. The van der Waals surface area contributed by atoms with Gasteiger partial charge in [0.1, 0.15) is 0 Å². The van der Waals surface area contributed by atoms with Gasteiger partial charge in [-0.15, -0.1) is 0 Å². The Kier molecular flexibility index (Phi) is 6.18. The molecule has 2 aliphatic rings. The Morgan fingerprint density at radius 1 is 1.38 bits per heavy atom. The Balaban J connectivity index is 1.91. The third-order valence-electron chi connectivity index (χ3n) is 5.42. The zero-order chi connectivity index (χ0) is 18.0. The summed E-state index contributed by atoms with van der Waals surface area (Å²) in [7, 11) is -1.25. The molecule has 0 saturated carbocycles. The summed E-state index contributed by atoms with van der Waals surface area (Å²) in [6.45, 7) is 12.4. The summed E-state index contributed by atoms with van der Waals surface area (Å²) in [6, 6.07) is 0.450. The third kappa shape index (κ3) is 4.42. The molecule has 6 nitrogen and oxygen atoms in total. The second kappa shape index (κ2) is 7.60. The normalized spacial score (nSPS) is 29.3. The number of hydrogen-bond acceptors (Lipinski definition) is 4. The van der Waals surface area contributed by atoms with Gasteiger partial charge in [-0.05, 0) is 46.1 Å². The van der Waals surface area contributed by atoms with Crippen LogP contribution in [0.15, 0.2) is 4.99 Å². The van der Waals surface area contributed by atoms with Gasteiger partial charge in [0.25, 0.3) is 0 Å². The van der Waals surface area contributed by atoms with E-state index >= 15 is 0 Å². The minimum Gasteiger partial charge on any atom is -0.355 e. The van der Waals surface area contributed by atoms with Gasteiger partial charge in [-0.3, -0.25) is 9.89 Å². The molecular formula is C17H34N4O2S. The molecule has 2 aliphatic heterocycles. The predicted molar refractivity (Wildman–Crippen MR) is 100 cm³/mol. The fraction of sp³-hybridized carbons (Fsp3) is 0.941. The van der Waals surface area contributed by atoms with Gasteiger partial charge in [-0.25, -0.2) is 8.42 Å². The molecule has 2 saturated heterocycles. The van der Waals surface area contributed by atoms with Gasteiger partial charge in [-0.1, -0.05) is 6.92 Å². The Hall–Kier alpha value is -0.820. The molecule has 24 heavy (non-hydrogen) atoms. The van der Waals surface area contributed by atoms with Crippen molar-refractivity contribution in [3.8, 4) is 0 Å². The number of rotatable bonds is 3. The lowest BCUT2D eigenvalue weighted by Crippen LogP contribution is -2.58. The van der Waals surface area contributed by atoms with Crippen LogP contribution in [0.2, 0.25) is 0 Å². The highest BCUT2D eigenvalue weighted by molar-refractivity contribution is 7.92. The Morgan fingerprint density at radius 2 is 2.08 bits per heavy atom. The molecule has 0 aliphatic carbocycles. The van der Waals surface area contributed by atoms with Gasteiger partial charge in [0.15, 0.2) is 15.8 Å². The first kappa shape index (κ1) is 19.5. The van der Waals surface area contributed by atoms with E-state index in [1.54, 1.807) is 20.9 Å². The van der Waals surface area contributed by atoms with E-state index in [0.717, 1.165) is 25.0 Å². The highest BCUT2D eigenvalue weighted by atomic mass is 32.2. The van der Waals surface area contributed by atoms with Crippen LogP contribution >= 0.6 is 0 Å². The molecular weight excluding hydrogens is 324 g/mol. The number of hydrogen-bond donors (Lipinski definition) is 1. The smallest absolute Gasteiger partial charge is 0.193 e. The van der Waals surface area contributed by atoms with Crippen LogP contribution in [0.25, 0.3) is 0 Å². The van der Waals surface area contributed by atoms with E-state index in [4.69, 9.17) is 0 Å². The molecule has 1 N–H and O–H groups in total. The topological polar surface area (TPSA) is 65.0 Å². The molecule has 0 spiro atoms. The second-order valence-electron chi connectivity index (χ2n) is 8.02. The predicted octanol–water partition coefficient (Wildman–Crippen LogP) is 1.19. The van der Waals surface area contributed by atoms with Crippen LogP contribution in [0.4, 0.5) is 0 Å². The third-order valence-corrected chi connectivity index (χ3v) is 7.96. The average molecular weight is 359 g/mol. The molecule has 0 amide bonds. The van der Waals surface area contributed by atoms with E-state index in [2.05, 4.69) is 34.0 Å². The average Bonchev–Trinajstić information content (AvgIpc) is 2.51. The summed E-state index contributed by atoms with van der Waals surface area (Å²) in [6.07, 6.45) is 2.61. The van der Waals surface area contributed by atoms with Gasteiger partial charge in [0.05, 0.1) is 10.5 Å². The van der Waals surface area contributed by atoms with Crippen LogP contribution < -0.4 is 5.32 Å². The van der Waals surface area contributed by atoms with Crippen LogP contribution in [0.5, 0.6) is 0 Å². The van der Waals surface area contributed by atoms with Crippen molar-refractivity contribution in [1.82, 2.24) is 15.1 Å². The van der Waals surface area contributed by atoms with Crippen LogP contribution in [0, 0.1) is 5.92 Å². The maximum atomic E-state index is 12.2. The van der Waals surface area contributed by atoms with Crippen molar-refractivity contribution in [2.24, 2.45) is 10.9 Å². The SMILES string of the molecule is CN=C(NCC(C)N1CCCC(C)C1)N1CCS(=O)(=O)C(C)(C)C1. The zero-order valence-corrected chi connectivity index (χ0v) is 16.7. The van der Waals surface area contributed by atoms with E-state index in [9.17, 15) is 8.42 Å². The Bertz CT molecular complexity index is 559. The number of piperidine rings is 1. The van der Waals surface area contributed by atoms with E-state index in [-0.39, 0.29) is 5.75 Å². The molecule has 0 aromatic rings. The van der Waals surface area contributed by atoms with Gasteiger partial charge in [0.2, 0.25) is 0 Å². The van der Waals surface area contributed by atoms with Crippen molar-refractivity contribution >= 4 is 15.8 Å². The molecule has 2 rings (SSSR count). The lowest BCUT2D eigenvalue weighted by molar-refractivity contribution is 0.139. The molecule has 2 heterocycles. The lowest BCUT2D eigenvalue weighted by atomic mass is 9.99. The van der Waals surface area contributed by atoms with Crippen LogP contribution in [-0.2, 0) is 9.84 Å². The van der Waals surface area contributed by atoms with Crippen molar-refractivity contribution in [2.75, 3.05) is 45.5 Å². The molecule has 2 fully saturated rings. The highest BCUT2D eigenvalue weighted by Crippen LogP contribution is 2.23. The molecule has 0 bridgehead atoms. The second-order valence-corrected chi connectivity index (χ2v) is 10.8. The minimum atomic E-state index is -3.02. The van der Waals surface area contributed by atoms with Crippen LogP contribution in [-0.4, -0.2) is 80.5 Å². The van der Waals surface area contributed by atoms with Crippen molar-refractivity contribution in [3.05, 3.63) is 0 Å². The fourth-order valence-corrected chi connectivity index (χ4v) is 5.02. The summed E-state index contributed by atoms with van der Waals surface area (Å²) in [5, 5.41) is 3.46. The molecule has 0 aromatic heterocycles. The standard InChI is InChI=1S/C17H34N4O2S/c1-14-7-6-8-20(12-14)15(2)11-19-16(18-5)21-9-10-24(22,23)17(3,4)13-21/h14-15H,6-13H2,1-5H3,(H,18,19). The van der Waals surface area contributed by atoms with Crippen LogP contribution in [0.3, 0.4) is 0 Å². The van der Waals surface area contributed by atoms with E-state index in [1.807, 2.05) is 0 Å². The minimum absolute atomic E-state index is 0.194. The zero-order valence-electron chi connectivity index (χ0n) is 15.9. The Labute approximate surface area is 147 Å². The summed E-state index contributed by atoms with van der Waals surface area (Å²) >= 11 is 0. The maximum absolute atomic E-state index is 12.2. The lowest BCUT2D eigenvalue weighted by Gasteiger charge is -2.40. The number of nitrogens with one attached hydrogen (secondary N) is 1. The summed E-state index contributed by atoms with van der Waals surface area (Å²) in [5.74, 6) is 1.78. The highest BCUT2D eigenvalue weighted by Gasteiger charge is 2.41. The first-order valence-electron chi connectivity index (χ1n) is 9.08. The summed E-state index contributed by atoms with van der Waals surface area (Å²) in [5.41, 5.74) is 0. The Morgan fingerprint density at radius 3 is 2.67 bits per heavy atom. The molecule has 140 valence electrons. The van der Waals surface area contributed by atoms with Gasteiger partial charge >= 0.3 is 0 Å². The number of sulfone groups is 1. The monoisotopic (exact) mass is 358 g/mol. The first-order valence-corrected chi connectivity index (χ1v) is 10.7. The van der Waals surface area contributed by atoms with Gasteiger partial charge < -0.3 is 10.2 Å². The van der Waals surface area contributed by atoms with Crippen molar-refractivity contribution in [3.63, 3.8) is 0 Å². The first-order chi connectivity index (χ1) is 11.2. The van der Waals surface area contributed by atoms with Crippen molar-refractivity contribution in [1.29, 1.82) is 0 Å². The van der Waals surface area contributed by atoms with E-state index in [0.29, 0.717) is 19.1 Å². The summed E-state index contributed by atoms with van der Waals surface area (Å²) < 4.78 is 23.6. The fourth-order valence-electron chi connectivity index (χ4n) is 3.65. The number of guanidine groups is 1. The van der Waals surface area contributed by atoms with Crippen molar-refractivity contribution in [2.45, 2.75) is 51.3 Å².